The molecule has 0 aromatic carbocycles. The van der Waals surface area contributed by atoms with Crippen LogP contribution in [0.2, 0.25) is 0 Å². The molecular formula is HfPd3. The largest absolute Gasteiger partial charge is 0 e. The number of hydrogen-bond acceptors (Lipinski definition) is 0. The van der Waals surface area contributed by atoms with Gasteiger partial charge in [-0.25, -0.2) is 0 Å². The molecule has 0 saturated carbocycles. The van der Waals surface area contributed by atoms with Crippen LogP contribution >= 0.6 is 0 Å². The first kappa shape index (κ1) is 28.8. The molecule has 0 rings (SSSR count). The minimum absolute atomic E-state index is 0. The van der Waals surface area contributed by atoms with Crippen molar-refractivity contribution in [3.05, 3.63) is 0 Å². The smallest absolute Gasteiger partial charge is 0 e. The Kier molecular flexibility index (Phi) is 122. The van der Waals surface area contributed by atoms with Gasteiger partial charge in [0, 0.05) is 87.1 Å². The number of hydrogen-bond donors (Lipinski definition) is 0. The van der Waals surface area contributed by atoms with Crippen molar-refractivity contribution in [1.82, 2.24) is 0 Å². The van der Waals surface area contributed by atoms with Gasteiger partial charge in [-0.15, -0.1) is 0 Å². The van der Waals surface area contributed by atoms with Crippen molar-refractivity contribution in [2.75, 3.05) is 0 Å². The first-order valence-electron chi connectivity index (χ1n) is 0. The van der Waals surface area contributed by atoms with Crippen LogP contribution in [0.3, 0.4) is 0 Å². The molecule has 0 heterocycles. The second-order valence-corrected chi connectivity index (χ2v) is 0. The molecule has 0 aliphatic rings. The second kappa shape index (κ2) is 16.9. The standard InChI is InChI=1S/Hf.3Pd. The van der Waals surface area contributed by atoms with E-state index in [1.807, 2.05) is 0 Å². The van der Waals surface area contributed by atoms with Crippen LogP contribution in [0.1, 0.15) is 0 Å². The van der Waals surface area contributed by atoms with Crippen molar-refractivity contribution >= 4 is 0 Å². The summed E-state index contributed by atoms with van der Waals surface area (Å²) in [6, 6.07) is 0. The summed E-state index contributed by atoms with van der Waals surface area (Å²) in [4.78, 5) is 0. The van der Waals surface area contributed by atoms with Gasteiger partial charge in [0.2, 0.25) is 0 Å². The average molecular weight is 498 g/mol. The fourth-order valence-corrected chi connectivity index (χ4v) is 0. The van der Waals surface area contributed by atoms with Crippen molar-refractivity contribution < 1.29 is 87.1 Å². The molecule has 0 aromatic rings. The topological polar surface area (TPSA) is 0 Å². The molecule has 0 saturated heterocycles. The van der Waals surface area contributed by atoms with Crippen LogP contribution in [0.25, 0.3) is 0 Å². The van der Waals surface area contributed by atoms with E-state index < -0.39 is 0 Å². The Bertz CT molecular complexity index is 3.25. The van der Waals surface area contributed by atoms with Crippen molar-refractivity contribution in [3.63, 3.8) is 0 Å². The summed E-state index contributed by atoms with van der Waals surface area (Å²) in [5, 5.41) is 0. The summed E-state index contributed by atoms with van der Waals surface area (Å²) in [5.41, 5.74) is 0. The zero-order valence-corrected chi connectivity index (χ0v) is 9.71. The maximum atomic E-state index is 0. The third-order valence-electron chi connectivity index (χ3n) is 0. The molecule has 0 bridgehead atoms. The van der Waals surface area contributed by atoms with Gasteiger partial charge >= 0.3 is 0 Å². The van der Waals surface area contributed by atoms with E-state index in [4.69, 9.17) is 0 Å². The fourth-order valence-electron chi connectivity index (χ4n) is 0. The maximum absolute atomic E-state index is 0. The van der Waals surface area contributed by atoms with Gasteiger partial charge in [-0.1, -0.05) is 0 Å². The zero-order chi connectivity index (χ0) is 0. The summed E-state index contributed by atoms with van der Waals surface area (Å²) in [6.07, 6.45) is 0. The Hall–Kier alpha value is 2.86. The van der Waals surface area contributed by atoms with E-state index in [9.17, 15) is 0 Å². The fraction of sp³-hybridized carbons (Fsp3) is 0. The molecule has 0 spiro atoms. The number of rotatable bonds is 0. The van der Waals surface area contributed by atoms with E-state index in [2.05, 4.69) is 0 Å². The summed E-state index contributed by atoms with van der Waals surface area (Å²) in [6.45, 7) is 0. The first-order valence-corrected chi connectivity index (χ1v) is 0. The molecule has 0 N–H and O–H groups in total. The predicted molar refractivity (Wildman–Crippen MR) is 0 cm³/mol. The van der Waals surface area contributed by atoms with Gasteiger partial charge in [0.1, 0.15) is 0 Å². The summed E-state index contributed by atoms with van der Waals surface area (Å²) in [7, 11) is 0. The molecule has 0 aliphatic heterocycles. The Balaban J connectivity index is 0. The molecule has 0 aliphatic carbocycles. The molecule has 34 valence electrons. The molecule has 0 radical (unpaired) electrons. The van der Waals surface area contributed by atoms with Gasteiger partial charge in [0.15, 0.2) is 0 Å². The molecule has 0 unspecified atom stereocenters. The third-order valence-corrected chi connectivity index (χ3v) is 0. The van der Waals surface area contributed by atoms with Crippen molar-refractivity contribution in [2.45, 2.75) is 0 Å². The van der Waals surface area contributed by atoms with Gasteiger partial charge in [0.05, 0.1) is 0 Å². The van der Waals surface area contributed by atoms with Crippen LogP contribution in [-0.4, -0.2) is 0 Å². The van der Waals surface area contributed by atoms with E-state index in [1.54, 1.807) is 0 Å². The van der Waals surface area contributed by atoms with E-state index in [0.717, 1.165) is 0 Å². The van der Waals surface area contributed by atoms with Crippen LogP contribution in [0, 0.1) is 0 Å². The quantitative estimate of drug-likeness (QED) is 0.413. The predicted octanol–water partition coefficient (Wildman–Crippen LogP) is -0.0100. The Morgan fingerprint density at radius 2 is 0.500 bits per heavy atom. The van der Waals surface area contributed by atoms with E-state index in [-0.39, 0.29) is 87.1 Å². The average Bonchev–Trinajstić information content (AvgIpc) is 0. The van der Waals surface area contributed by atoms with Gasteiger partial charge < -0.3 is 0 Å². The molecule has 0 amide bonds. The third kappa shape index (κ3) is 8.85. The molecule has 0 aromatic heterocycles. The van der Waals surface area contributed by atoms with Gasteiger partial charge in [-0.2, -0.15) is 0 Å². The molecular weight excluding hydrogens is 498 g/mol. The van der Waals surface area contributed by atoms with Gasteiger partial charge in [0.25, 0.3) is 0 Å². The molecule has 4 heavy (non-hydrogen) atoms. The first-order chi connectivity index (χ1) is 0. The van der Waals surface area contributed by atoms with Crippen LogP contribution in [0.5, 0.6) is 0 Å². The molecule has 0 fully saturated rings. The minimum Gasteiger partial charge on any atom is 0 e. The maximum Gasteiger partial charge on any atom is 0 e. The van der Waals surface area contributed by atoms with Crippen LogP contribution in [0.15, 0.2) is 0 Å². The van der Waals surface area contributed by atoms with Crippen molar-refractivity contribution in [2.24, 2.45) is 0 Å². The Morgan fingerprint density at radius 1 is 0.500 bits per heavy atom. The second-order valence-electron chi connectivity index (χ2n) is 0. The molecule has 0 atom stereocenters. The van der Waals surface area contributed by atoms with Crippen LogP contribution in [0.4, 0.5) is 0 Å². The van der Waals surface area contributed by atoms with E-state index in [0.29, 0.717) is 0 Å². The molecule has 4 heteroatoms. The Morgan fingerprint density at radius 3 is 0.500 bits per heavy atom. The normalized spacial score (nSPS) is 0. The SMILES string of the molecule is [Hf].[Pd].[Pd].[Pd]. The molecule has 0 nitrogen and oxygen atoms in total. The van der Waals surface area contributed by atoms with Gasteiger partial charge in [-0.3, -0.25) is 0 Å². The van der Waals surface area contributed by atoms with Crippen molar-refractivity contribution in [3.8, 4) is 0 Å². The minimum atomic E-state index is 0. The van der Waals surface area contributed by atoms with E-state index in [1.165, 1.54) is 0 Å². The monoisotopic (exact) mass is 498 g/mol. The summed E-state index contributed by atoms with van der Waals surface area (Å²) < 4.78 is 0. The van der Waals surface area contributed by atoms with Crippen LogP contribution in [-0.2, 0) is 87.1 Å². The summed E-state index contributed by atoms with van der Waals surface area (Å²) in [5.74, 6) is 0. The zero-order valence-electron chi connectivity index (χ0n) is 1.45. The van der Waals surface area contributed by atoms with Crippen molar-refractivity contribution in [1.29, 1.82) is 0 Å². The van der Waals surface area contributed by atoms with Crippen LogP contribution < -0.4 is 0 Å². The summed E-state index contributed by atoms with van der Waals surface area (Å²) >= 11 is 0. The van der Waals surface area contributed by atoms with Gasteiger partial charge in [-0.05, 0) is 0 Å². The van der Waals surface area contributed by atoms with E-state index >= 15 is 0 Å². The Labute approximate surface area is 85.6 Å².